The van der Waals surface area contributed by atoms with Crippen molar-refractivity contribution in [1.82, 2.24) is 9.88 Å². The van der Waals surface area contributed by atoms with Crippen molar-refractivity contribution in [2.45, 2.75) is 19.9 Å². The topological polar surface area (TPSA) is 65.9 Å². The number of hydrogen-bond acceptors (Lipinski definition) is 4. The predicted molar refractivity (Wildman–Crippen MR) is 68.1 cm³/mol. The normalized spacial score (nSPS) is 14.3. The molecule has 0 aromatic carbocycles. The molecular weight excluding hydrogens is 212 g/mol. The van der Waals surface area contributed by atoms with Gasteiger partial charge >= 0.3 is 0 Å². The van der Waals surface area contributed by atoms with Crippen LogP contribution in [0.15, 0.2) is 24.5 Å². The number of aromatic nitrogens is 1. The minimum absolute atomic E-state index is 0.0193. The lowest BCUT2D eigenvalue weighted by atomic mass is 10.1. The molecule has 0 saturated carbocycles. The lowest BCUT2D eigenvalue weighted by molar-refractivity contribution is 0.198. The molecule has 1 aromatic heterocycles. The number of rotatable bonds is 6. The first kappa shape index (κ1) is 13.6. The first-order valence-electron chi connectivity index (χ1n) is 5.96. The second kappa shape index (κ2) is 7.00. The van der Waals surface area contributed by atoms with Gasteiger partial charge in [-0.1, -0.05) is 6.92 Å². The Labute approximate surface area is 103 Å². The van der Waals surface area contributed by atoms with Gasteiger partial charge in [-0.05, 0) is 31.2 Å². The largest absolute Gasteiger partial charge is 0.329 e. The Morgan fingerprint density at radius 3 is 2.59 bits per heavy atom. The van der Waals surface area contributed by atoms with Gasteiger partial charge in [0.2, 0.25) is 0 Å². The van der Waals surface area contributed by atoms with Crippen molar-refractivity contribution in [3.05, 3.63) is 30.1 Å². The van der Waals surface area contributed by atoms with E-state index in [1.807, 2.05) is 19.1 Å². The molecule has 0 bridgehead atoms. The van der Waals surface area contributed by atoms with Crippen molar-refractivity contribution in [2.24, 2.45) is 11.7 Å². The first-order chi connectivity index (χ1) is 8.22. The van der Waals surface area contributed by atoms with E-state index in [1.165, 1.54) is 0 Å². The van der Waals surface area contributed by atoms with E-state index in [1.54, 1.807) is 12.4 Å². The summed E-state index contributed by atoms with van der Waals surface area (Å²) >= 11 is 0. The van der Waals surface area contributed by atoms with Gasteiger partial charge in [0, 0.05) is 31.5 Å². The van der Waals surface area contributed by atoms with Gasteiger partial charge in [0.1, 0.15) is 0 Å². The minimum Gasteiger partial charge on any atom is -0.329 e. The fourth-order valence-corrected chi connectivity index (χ4v) is 1.95. The molecule has 1 aromatic rings. The summed E-state index contributed by atoms with van der Waals surface area (Å²) in [6, 6.07) is 6.40. The Hall–Kier alpha value is -1.44. The van der Waals surface area contributed by atoms with Crippen LogP contribution in [0.3, 0.4) is 0 Å². The number of nitrogens with zero attached hydrogens (tertiary/aromatic N) is 3. The van der Waals surface area contributed by atoms with Crippen LogP contribution in [0.2, 0.25) is 0 Å². The Morgan fingerprint density at radius 1 is 1.47 bits per heavy atom. The summed E-state index contributed by atoms with van der Waals surface area (Å²) in [6.45, 7) is 6.21. The molecular formula is C13H20N4. The molecule has 4 nitrogen and oxygen atoms in total. The van der Waals surface area contributed by atoms with Crippen LogP contribution in [0.25, 0.3) is 0 Å². The predicted octanol–water partition coefficient (Wildman–Crippen LogP) is 1.56. The Bertz CT molecular complexity index is 357. The summed E-state index contributed by atoms with van der Waals surface area (Å²) in [4.78, 5) is 6.25. The number of nitrogens with two attached hydrogens (primary N) is 1. The molecule has 17 heavy (non-hydrogen) atoms. The van der Waals surface area contributed by atoms with Gasteiger partial charge < -0.3 is 5.73 Å². The fraction of sp³-hybridized carbons (Fsp3) is 0.538. The zero-order chi connectivity index (χ0) is 12.7. The number of hydrogen-bond donors (Lipinski definition) is 1. The van der Waals surface area contributed by atoms with Crippen LogP contribution in [-0.2, 0) is 0 Å². The van der Waals surface area contributed by atoms with E-state index >= 15 is 0 Å². The van der Waals surface area contributed by atoms with Crippen molar-refractivity contribution in [3.63, 3.8) is 0 Å². The molecule has 0 aliphatic carbocycles. The van der Waals surface area contributed by atoms with Gasteiger partial charge in [-0.3, -0.25) is 9.88 Å². The number of nitriles is 1. The molecule has 1 heterocycles. The van der Waals surface area contributed by atoms with Crippen molar-refractivity contribution < 1.29 is 0 Å². The molecule has 2 N–H and O–H groups in total. The highest BCUT2D eigenvalue weighted by molar-refractivity contribution is 5.15. The lowest BCUT2D eigenvalue weighted by Crippen LogP contribution is -2.36. The van der Waals surface area contributed by atoms with Crippen molar-refractivity contribution >= 4 is 0 Å². The third kappa shape index (κ3) is 3.81. The van der Waals surface area contributed by atoms with Gasteiger partial charge in [-0.2, -0.15) is 5.26 Å². The van der Waals surface area contributed by atoms with E-state index in [-0.39, 0.29) is 12.0 Å². The molecule has 0 radical (unpaired) electrons. The van der Waals surface area contributed by atoms with E-state index < -0.39 is 0 Å². The van der Waals surface area contributed by atoms with Gasteiger partial charge in [-0.15, -0.1) is 0 Å². The van der Waals surface area contributed by atoms with Crippen LogP contribution in [-0.4, -0.2) is 29.5 Å². The van der Waals surface area contributed by atoms with Crippen LogP contribution in [0, 0.1) is 17.2 Å². The standard InChI is InChI=1S/C13H20N4/c1-3-17(10-11(2)8-14)13(9-15)12-4-6-16-7-5-12/h4-7,11,13H,3,9-10,15H2,1-2H3. The zero-order valence-corrected chi connectivity index (χ0v) is 10.5. The van der Waals surface area contributed by atoms with Gasteiger partial charge in [0.25, 0.3) is 0 Å². The summed E-state index contributed by atoms with van der Waals surface area (Å²) in [5, 5.41) is 8.89. The summed E-state index contributed by atoms with van der Waals surface area (Å²) in [7, 11) is 0. The van der Waals surface area contributed by atoms with E-state index in [9.17, 15) is 0 Å². The molecule has 0 amide bonds. The molecule has 4 heteroatoms. The Kier molecular flexibility index (Phi) is 5.61. The van der Waals surface area contributed by atoms with Crippen LogP contribution in [0.1, 0.15) is 25.5 Å². The Morgan fingerprint density at radius 2 is 2.12 bits per heavy atom. The molecule has 0 spiro atoms. The van der Waals surface area contributed by atoms with Crippen LogP contribution >= 0.6 is 0 Å². The average Bonchev–Trinajstić information content (AvgIpc) is 2.39. The van der Waals surface area contributed by atoms with Crippen LogP contribution < -0.4 is 5.73 Å². The third-order valence-electron chi connectivity index (χ3n) is 2.89. The maximum Gasteiger partial charge on any atom is 0.0666 e. The highest BCUT2D eigenvalue weighted by atomic mass is 15.2. The molecule has 0 saturated heterocycles. The fourth-order valence-electron chi connectivity index (χ4n) is 1.95. The smallest absolute Gasteiger partial charge is 0.0666 e. The van der Waals surface area contributed by atoms with Crippen molar-refractivity contribution in [3.8, 4) is 6.07 Å². The highest BCUT2D eigenvalue weighted by Gasteiger charge is 2.19. The average molecular weight is 232 g/mol. The minimum atomic E-state index is 0.0193. The summed E-state index contributed by atoms with van der Waals surface area (Å²) in [5.41, 5.74) is 7.02. The van der Waals surface area contributed by atoms with Crippen molar-refractivity contribution in [1.29, 1.82) is 5.26 Å². The van der Waals surface area contributed by atoms with E-state index in [4.69, 9.17) is 11.0 Å². The van der Waals surface area contributed by atoms with E-state index in [2.05, 4.69) is 22.9 Å². The summed E-state index contributed by atoms with van der Waals surface area (Å²) in [5.74, 6) is 0.0193. The van der Waals surface area contributed by atoms with Crippen LogP contribution in [0.4, 0.5) is 0 Å². The maximum absolute atomic E-state index is 8.89. The van der Waals surface area contributed by atoms with E-state index in [0.29, 0.717) is 6.54 Å². The van der Waals surface area contributed by atoms with Gasteiger partial charge in [0.15, 0.2) is 0 Å². The summed E-state index contributed by atoms with van der Waals surface area (Å²) in [6.07, 6.45) is 3.55. The zero-order valence-electron chi connectivity index (χ0n) is 10.5. The molecule has 1 rings (SSSR count). The first-order valence-corrected chi connectivity index (χ1v) is 5.96. The number of likely N-dealkylation sites (N-methyl/N-ethyl adjacent to an activating group) is 1. The molecule has 0 aliphatic heterocycles. The SMILES string of the molecule is CCN(CC(C)C#N)C(CN)c1ccncc1. The summed E-state index contributed by atoms with van der Waals surface area (Å²) < 4.78 is 0. The van der Waals surface area contributed by atoms with E-state index in [0.717, 1.165) is 18.7 Å². The second-order valence-corrected chi connectivity index (χ2v) is 4.15. The molecule has 0 aliphatic rings. The highest BCUT2D eigenvalue weighted by Crippen LogP contribution is 2.19. The molecule has 2 atom stereocenters. The maximum atomic E-state index is 8.89. The lowest BCUT2D eigenvalue weighted by Gasteiger charge is -2.30. The molecule has 92 valence electrons. The van der Waals surface area contributed by atoms with Crippen molar-refractivity contribution in [2.75, 3.05) is 19.6 Å². The second-order valence-electron chi connectivity index (χ2n) is 4.15. The number of pyridine rings is 1. The Balaban J connectivity index is 2.81. The van der Waals surface area contributed by atoms with Gasteiger partial charge in [0.05, 0.1) is 12.0 Å². The molecule has 2 unspecified atom stereocenters. The third-order valence-corrected chi connectivity index (χ3v) is 2.89. The van der Waals surface area contributed by atoms with Crippen LogP contribution in [0.5, 0.6) is 0 Å². The van der Waals surface area contributed by atoms with Gasteiger partial charge in [-0.25, -0.2) is 0 Å². The monoisotopic (exact) mass is 232 g/mol. The molecule has 0 fully saturated rings. The quantitative estimate of drug-likeness (QED) is 0.808.